The van der Waals surface area contributed by atoms with Crippen LogP contribution in [0.2, 0.25) is 0 Å². The van der Waals surface area contributed by atoms with Crippen molar-refractivity contribution in [3.8, 4) is 5.88 Å². The van der Waals surface area contributed by atoms with Crippen molar-refractivity contribution in [2.45, 2.75) is 52.1 Å². The molecule has 0 bridgehead atoms. The Bertz CT molecular complexity index is 1000. The van der Waals surface area contributed by atoms with E-state index in [4.69, 9.17) is 0 Å². The molecule has 8 nitrogen and oxygen atoms in total. The molecule has 2 aromatic heterocycles. The molecule has 0 radical (unpaired) electrons. The van der Waals surface area contributed by atoms with Gasteiger partial charge in [0.05, 0.1) is 6.20 Å². The summed E-state index contributed by atoms with van der Waals surface area (Å²) in [5, 5.41) is 21.3. The average molecular weight is 436 g/mol. The molecule has 1 amide bonds. The van der Waals surface area contributed by atoms with E-state index in [1.54, 1.807) is 10.8 Å². The summed E-state index contributed by atoms with van der Waals surface area (Å²) in [7, 11) is 0. The Balaban J connectivity index is 0.00000256. The van der Waals surface area contributed by atoms with Gasteiger partial charge in [0.25, 0.3) is 11.5 Å². The van der Waals surface area contributed by atoms with Crippen LogP contribution < -0.4 is 16.2 Å². The summed E-state index contributed by atoms with van der Waals surface area (Å²) in [6.07, 6.45) is 9.74. The van der Waals surface area contributed by atoms with Crippen LogP contribution in [0.4, 0.5) is 0 Å². The van der Waals surface area contributed by atoms with Gasteiger partial charge in [-0.3, -0.25) is 14.2 Å². The van der Waals surface area contributed by atoms with E-state index in [1.165, 1.54) is 4.52 Å². The number of fused-ring (bicyclic) bond motifs is 1. The zero-order valence-electron chi connectivity index (χ0n) is 17.4. The van der Waals surface area contributed by atoms with Crippen LogP contribution in [0.1, 0.15) is 55.5 Å². The van der Waals surface area contributed by atoms with E-state index in [9.17, 15) is 14.7 Å². The maximum atomic E-state index is 13.0. The molecule has 9 heteroatoms. The lowest BCUT2D eigenvalue weighted by Gasteiger charge is -2.19. The SMILES string of the molecule is CC(C)Cn1c(O)c(C(=O)NC2CC2)c(=O)n2ncc(C=CC3CCNCC3)c12.Cl. The number of nitrogens with one attached hydrogen (secondary N) is 2. The summed E-state index contributed by atoms with van der Waals surface area (Å²) < 4.78 is 2.88. The fourth-order valence-corrected chi connectivity index (χ4v) is 3.83. The maximum absolute atomic E-state index is 13.0. The lowest BCUT2D eigenvalue weighted by Crippen LogP contribution is -2.34. The van der Waals surface area contributed by atoms with Crippen LogP contribution >= 0.6 is 12.4 Å². The molecule has 164 valence electrons. The van der Waals surface area contributed by atoms with Crippen molar-refractivity contribution in [1.29, 1.82) is 0 Å². The second kappa shape index (κ2) is 9.22. The standard InChI is InChI=1S/C21H29N5O3.ClH/c1-13(2)12-25-19-15(4-3-14-7-9-22-10-8-14)11-23-26(19)21(29)17(20(25)28)18(27)24-16-5-6-16;/h3-4,11,13-14,16,22,28H,5-10,12H2,1-2H3,(H,24,27);1H. The lowest BCUT2D eigenvalue weighted by molar-refractivity contribution is 0.0944. The molecule has 1 saturated heterocycles. The van der Waals surface area contributed by atoms with Crippen LogP contribution in [0.25, 0.3) is 11.7 Å². The van der Waals surface area contributed by atoms with E-state index in [2.05, 4.69) is 21.8 Å². The number of carbonyl (C=O) groups is 1. The van der Waals surface area contributed by atoms with Gasteiger partial charge >= 0.3 is 0 Å². The highest BCUT2D eigenvalue weighted by Gasteiger charge is 2.29. The summed E-state index contributed by atoms with van der Waals surface area (Å²) in [6.45, 7) is 6.53. The molecule has 0 atom stereocenters. The van der Waals surface area contributed by atoms with Crippen molar-refractivity contribution >= 4 is 30.0 Å². The highest BCUT2D eigenvalue weighted by molar-refractivity contribution is 5.96. The topological polar surface area (TPSA) is 101 Å². The van der Waals surface area contributed by atoms with Crippen LogP contribution in [0, 0.1) is 11.8 Å². The molecule has 3 heterocycles. The molecule has 0 aromatic carbocycles. The van der Waals surface area contributed by atoms with Crippen molar-refractivity contribution in [2.24, 2.45) is 11.8 Å². The monoisotopic (exact) mass is 435 g/mol. The zero-order valence-corrected chi connectivity index (χ0v) is 18.2. The van der Waals surface area contributed by atoms with Crippen LogP contribution in [-0.2, 0) is 6.54 Å². The predicted octanol–water partition coefficient (Wildman–Crippen LogP) is 2.18. The number of hydrogen-bond acceptors (Lipinski definition) is 5. The van der Waals surface area contributed by atoms with Crippen molar-refractivity contribution in [2.75, 3.05) is 13.1 Å². The number of rotatable bonds is 6. The van der Waals surface area contributed by atoms with Gasteiger partial charge in [0.1, 0.15) is 5.65 Å². The van der Waals surface area contributed by atoms with E-state index in [0.29, 0.717) is 18.1 Å². The number of carbonyl (C=O) groups excluding carboxylic acids is 1. The van der Waals surface area contributed by atoms with Crippen LogP contribution in [0.3, 0.4) is 0 Å². The second-order valence-electron chi connectivity index (χ2n) is 8.54. The summed E-state index contributed by atoms with van der Waals surface area (Å²) in [6, 6.07) is 0.0941. The molecule has 2 aromatic rings. The molecule has 4 rings (SSSR count). The summed E-state index contributed by atoms with van der Waals surface area (Å²) in [5.74, 6) is -0.126. The first kappa shape index (κ1) is 22.4. The second-order valence-corrected chi connectivity index (χ2v) is 8.54. The number of aromatic hydroxyl groups is 1. The fourth-order valence-electron chi connectivity index (χ4n) is 3.83. The molecule has 2 fully saturated rings. The molecule has 0 spiro atoms. The molecule has 2 aliphatic rings. The van der Waals surface area contributed by atoms with Gasteiger partial charge < -0.3 is 15.7 Å². The first-order valence-corrected chi connectivity index (χ1v) is 10.5. The molecule has 1 saturated carbocycles. The van der Waals surface area contributed by atoms with Gasteiger partial charge in [0, 0.05) is 18.2 Å². The Hall–Kier alpha value is -2.32. The summed E-state index contributed by atoms with van der Waals surface area (Å²) in [5.41, 5.74) is 0.472. The van der Waals surface area contributed by atoms with Gasteiger partial charge in [0.2, 0.25) is 5.88 Å². The van der Waals surface area contributed by atoms with E-state index in [0.717, 1.165) is 44.3 Å². The largest absolute Gasteiger partial charge is 0.494 e. The third kappa shape index (κ3) is 4.54. The summed E-state index contributed by atoms with van der Waals surface area (Å²) in [4.78, 5) is 25.6. The molecule has 0 unspecified atom stereocenters. The number of halogens is 1. The Kier molecular flexibility index (Phi) is 6.88. The first-order chi connectivity index (χ1) is 14.0. The van der Waals surface area contributed by atoms with Crippen molar-refractivity contribution < 1.29 is 9.90 Å². The number of allylic oxidation sites excluding steroid dienone is 1. The van der Waals surface area contributed by atoms with Crippen LogP contribution in [0.5, 0.6) is 5.88 Å². The number of nitrogens with zero attached hydrogens (tertiary/aromatic N) is 3. The molecule has 1 aliphatic carbocycles. The van der Waals surface area contributed by atoms with Crippen molar-refractivity contribution in [3.63, 3.8) is 0 Å². The number of amides is 1. The number of aromatic nitrogens is 3. The Morgan fingerprint density at radius 1 is 1.33 bits per heavy atom. The van der Waals surface area contributed by atoms with Crippen LogP contribution in [0.15, 0.2) is 17.1 Å². The first-order valence-electron chi connectivity index (χ1n) is 10.5. The third-order valence-electron chi connectivity index (χ3n) is 5.53. The minimum atomic E-state index is -0.586. The van der Waals surface area contributed by atoms with E-state index in [-0.39, 0.29) is 35.8 Å². The molecule has 3 N–H and O–H groups in total. The predicted molar refractivity (Wildman–Crippen MR) is 118 cm³/mol. The Morgan fingerprint density at radius 3 is 2.67 bits per heavy atom. The molecular weight excluding hydrogens is 406 g/mol. The van der Waals surface area contributed by atoms with Gasteiger partial charge in [-0.15, -0.1) is 12.4 Å². The van der Waals surface area contributed by atoms with Crippen molar-refractivity contribution in [1.82, 2.24) is 24.8 Å². The van der Waals surface area contributed by atoms with Gasteiger partial charge in [-0.2, -0.15) is 9.61 Å². The minimum absolute atomic E-state index is 0. The molecule has 1 aliphatic heterocycles. The summed E-state index contributed by atoms with van der Waals surface area (Å²) >= 11 is 0. The Morgan fingerprint density at radius 2 is 2.03 bits per heavy atom. The smallest absolute Gasteiger partial charge is 0.291 e. The van der Waals surface area contributed by atoms with Crippen LogP contribution in [-0.4, -0.2) is 44.3 Å². The fraction of sp³-hybridized carbons (Fsp3) is 0.571. The van der Waals surface area contributed by atoms with Gasteiger partial charge in [-0.05, 0) is 50.6 Å². The van der Waals surface area contributed by atoms with E-state index >= 15 is 0 Å². The minimum Gasteiger partial charge on any atom is -0.494 e. The highest BCUT2D eigenvalue weighted by atomic mass is 35.5. The number of piperidine rings is 1. The zero-order chi connectivity index (χ0) is 20.5. The van der Waals surface area contributed by atoms with E-state index < -0.39 is 11.5 Å². The van der Waals surface area contributed by atoms with Gasteiger partial charge in [-0.1, -0.05) is 26.0 Å². The van der Waals surface area contributed by atoms with Gasteiger partial charge in [-0.25, -0.2) is 0 Å². The normalized spacial score (nSPS) is 17.6. The molecular formula is C21H30ClN5O3. The molecule has 30 heavy (non-hydrogen) atoms. The van der Waals surface area contributed by atoms with Crippen molar-refractivity contribution in [3.05, 3.63) is 33.8 Å². The average Bonchev–Trinajstić information content (AvgIpc) is 3.40. The van der Waals surface area contributed by atoms with Gasteiger partial charge in [0.15, 0.2) is 5.56 Å². The Labute approximate surface area is 181 Å². The lowest BCUT2D eigenvalue weighted by atomic mass is 9.97. The maximum Gasteiger partial charge on any atom is 0.291 e. The quantitative estimate of drug-likeness (QED) is 0.645. The third-order valence-corrected chi connectivity index (χ3v) is 5.53. The number of hydrogen-bond donors (Lipinski definition) is 3. The van der Waals surface area contributed by atoms with E-state index in [1.807, 2.05) is 19.9 Å². The highest BCUT2D eigenvalue weighted by Crippen LogP contribution is 2.25.